The van der Waals surface area contributed by atoms with Gasteiger partial charge in [0.15, 0.2) is 15.0 Å². The van der Waals surface area contributed by atoms with Gasteiger partial charge in [-0.3, -0.25) is 20.2 Å². The molecule has 0 atom stereocenters. The minimum Gasteiger partial charge on any atom is -0.298 e. The molecule has 27 heavy (non-hydrogen) atoms. The van der Waals surface area contributed by atoms with Crippen LogP contribution >= 0.6 is 11.3 Å². The second kappa shape index (κ2) is 7.25. The van der Waals surface area contributed by atoms with E-state index in [1.807, 2.05) is 0 Å². The van der Waals surface area contributed by atoms with Gasteiger partial charge >= 0.3 is 0 Å². The summed E-state index contributed by atoms with van der Waals surface area (Å²) in [7, 11) is -3.41. The Morgan fingerprint density at radius 3 is 2.52 bits per heavy atom. The molecule has 8 nitrogen and oxygen atoms in total. The highest BCUT2D eigenvalue weighted by Crippen LogP contribution is 2.27. The average molecular weight is 403 g/mol. The smallest absolute Gasteiger partial charge is 0.269 e. The minimum atomic E-state index is -3.41. The molecule has 10 heteroatoms. The van der Waals surface area contributed by atoms with E-state index < -0.39 is 20.7 Å². The van der Waals surface area contributed by atoms with Gasteiger partial charge in [0.25, 0.3) is 11.6 Å². The van der Waals surface area contributed by atoms with Crippen molar-refractivity contribution in [3.8, 4) is 11.3 Å². The number of amides is 1. The standard InChI is InChI=1S/C17H13N3O5S2/c1-27(24,25)14-4-2-3-12(9-14)16(21)19-17-18-15(10-26-17)11-5-7-13(8-6-11)20(22)23/h2-10H,1H3,(H,18,19,21). The molecule has 1 amide bonds. The molecule has 138 valence electrons. The molecule has 1 N–H and O–H groups in total. The molecule has 0 radical (unpaired) electrons. The maximum absolute atomic E-state index is 12.3. The largest absolute Gasteiger partial charge is 0.298 e. The van der Waals surface area contributed by atoms with Crippen molar-refractivity contribution in [1.29, 1.82) is 0 Å². The molecule has 0 unspecified atom stereocenters. The van der Waals surface area contributed by atoms with Crippen molar-refractivity contribution < 1.29 is 18.1 Å². The zero-order valence-corrected chi connectivity index (χ0v) is 15.6. The summed E-state index contributed by atoms with van der Waals surface area (Å²) in [4.78, 5) is 26.9. The molecule has 0 saturated heterocycles. The van der Waals surface area contributed by atoms with Gasteiger partial charge in [0.2, 0.25) is 0 Å². The number of carbonyl (C=O) groups is 1. The van der Waals surface area contributed by atoms with Crippen LogP contribution in [0.3, 0.4) is 0 Å². The third-order valence-electron chi connectivity index (χ3n) is 3.62. The molecule has 3 rings (SSSR count). The predicted octanol–water partition coefficient (Wildman–Crippen LogP) is 3.37. The first-order chi connectivity index (χ1) is 12.7. The summed E-state index contributed by atoms with van der Waals surface area (Å²) in [5, 5.41) is 15.4. The number of rotatable bonds is 5. The summed E-state index contributed by atoms with van der Waals surface area (Å²) in [5.41, 5.74) is 1.42. The van der Waals surface area contributed by atoms with Crippen LogP contribution < -0.4 is 5.32 Å². The number of sulfone groups is 1. The lowest BCUT2D eigenvalue weighted by Crippen LogP contribution is -2.12. The summed E-state index contributed by atoms with van der Waals surface area (Å²) in [6.45, 7) is 0. The Morgan fingerprint density at radius 2 is 1.89 bits per heavy atom. The molecule has 2 aromatic carbocycles. The van der Waals surface area contributed by atoms with E-state index in [1.54, 1.807) is 17.5 Å². The fourth-order valence-corrected chi connectivity index (χ4v) is 3.64. The zero-order chi connectivity index (χ0) is 19.6. The number of hydrogen-bond acceptors (Lipinski definition) is 7. The van der Waals surface area contributed by atoms with Crippen LogP contribution in [0.5, 0.6) is 0 Å². The third-order valence-corrected chi connectivity index (χ3v) is 5.49. The Balaban J connectivity index is 1.78. The number of aromatic nitrogens is 1. The number of nitrogens with one attached hydrogen (secondary N) is 1. The highest BCUT2D eigenvalue weighted by atomic mass is 32.2. The number of carbonyl (C=O) groups excluding carboxylic acids is 1. The zero-order valence-electron chi connectivity index (χ0n) is 13.9. The van der Waals surface area contributed by atoms with Crippen LogP contribution in [0.1, 0.15) is 10.4 Å². The normalized spacial score (nSPS) is 11.1. The number of thiazole rings is 1. The second-order valence-electron chi connectivity index (χ2n) is 5.60. The van der Waals surface area contributed by atoms with Gasteiger partial charge in [-0.15, -0.1) is 11.3 Å². The molecular weight excluding hydrogens is 390 g/mol. The lowest BCUT2D eigenvalue weighted by molar-refractivity contribution is -0.384. The van der Waals surface area contributed by atoms with Crippen LogP contribution in [0.4, 0.5) is 10.8 Å². The van der Waals surface area contributed by atoms with Crippen LogP contribution in [0, 0.1) is 10.1 Å². The quantitative estimate of drug-likeness (QED) is 0.515. The summed E-state index contributed by atoms with van der Waals surface area (Å²) in [6.07, 6.45) is 1.07. The molecule has 0 spiro atoms. The predicted molar refractivity (Wildman–Crippen MR) is 102 cm³/mol. The minimum absolute atomic E-state index is 0.0201. The number of hydrogen-bond donors (Lipinski definition) is 1. The van der Waals surface area contributed by atoms with E-state index >= 15 is 0 Å². The highest BCUT2D eigenvalue weighted by Gasteiger charge is 2.14. The van der Waals surface area contributed by atoms with E-state index in [-0.39, 0.29) is 16.1 Å². The Morgan fingerprint density at radius 1 is 1.19 bits per heavy atom. The van der Waals surface area contributed by atoms with Crippen molar-refractivity contribution in [3.63, 3.8) is 0 Å². The van der Waals surface area contributed by atoms with Crippen LogP contribution in [0.25, 0.3) is 11.3 Å². The van der Waals surface area contributed by atoms with Crippen molar-refractivity contribution >= 4 is 37.9 Å². The maximum atomic E-state index is 12.3. The van der Waals surface area contributed by atoms with Gasteiger partial charge in [-0.05, 0) is 30.3 Å². The van der Waals surface area contributed by atoms with Crippen molar-refractivity contribution in [2.24, 2.45) is 0 Å². The summed E-state index contributed by atoms with van der Waals surface area (Å²) in [5.74, 6) is -0.481. The molecule has 0 fully saturated rings. The van der Waals surface area contributed by atoms with Crippen molar-refractivity contribution in [2.45, 2.75) is 4.90 Å². The number of benzene rings is 2. The lowest BCUT2D eigenvalue weighted by atomic mass is 10.1. The number of nitro benzene ring substituents is 1. The van der Waals surface area contributed by atoms with Crippen LogP contribution in [0.2, 0.25) is 0 Å². The van der Waals surface area contributed by atoms with E-state index in [2.05, 4.69) is 10.3 Å². The number of nitrogens with zero attached hydrogens (tertiary/aromatic N) is 2. The monoisotopic (exact) mass is 403 g/mol. The van der Waals surface area contributed by atoms with Crippen LogP contribution in [0.15, 0.2) is 58.8 Å². The fourth-order valence-electron chi connectivity index (χ4n) is 2.25. The molecule has 0 saturated carbocycles. The summed E-state index contributed by atoms with van der Waals surface area (Å²) in [6, 6.07) is 11.6. The van der Waals surface area contributed by atoms with Gasteiger partial charge in [-0.2, -0.15) is 0 Å². The van der Waals surface area contributed by atoms with Crippen LogP contribution in [-0.2, 0) is 9.84 Å². The highest BCUT2D eigenvalue weighted by molar-refractivity contribution is 7.90. The van der Waals surface area contributed by atoms with Gasteiger partial charge in [0.1, 0.15) is 0 Å². The number of non-ortho nitro benzene ring substituents is 1. The van der Waals surface area contributed by atoms with Gasteiger partial charge in [0.05, 0.1) is 15.5 Å². The molecule has 1 heterocycles. The molecule has 3 aromatic rings. The number of nitro groups is 1. The van der Waals surface area contributed by atoms with Crippen molar-refractivity contribution in [2.75, 3.05) is 11.6 Å². The Labute approximate surface area is 158 Å². The topological polar surface area (TPSA) is 119 Å². The number of anilines is 1. The van der Waals surface area contributed by atoms with E-state index in [0.717, 1.165) is 6.26 Å². The van der Waals surface area contributed by atoms with E-state index in [1.165, 1.54) is 47.7 Å². The lowest BCUT2D eigenvalue weighted by Gasteiger charge is -2.04. The summed E-state index contributed by atoms with van der Waals surface area (Å²) < 4.78 is 23.2. The summed E-state index contributed by atoms with van der Waals surface area (Å²) >= 11 is 1.19. The average Bonchev–Trinajstić information content (AvgIpc) is 3.09. The Hall–Kier alpha value is -3.11. The van der Waals surface area contributed by atoms with Gasteiger partial charge < -0.3 is 0 Å². The van der Waals surface area contributed by atoms with Gasteiger partial charge in [-0.1, -0.05) is 6.07 Å². The van der Waals surface area contributed by atoms with Crippen LogP contribution in [-0.4, -0.2) is 30.5 Å². The van der Waals surface area contributed by atoms with Crippen molar-refractivity contribution in [1.82, 2.24) is 4.98 Å². The molecule has 0 aliphatic heterocycles. The van der Waals surface area contributed by atoms with Crippen molar-refractivity contribution in [3.05, 3.63) is 69.6 Å². The molecule has 0 aliphatic rings. The molecule has 0 aliphatic carbocycles. The first-order valence-electron chi connectivity index (χ1n) is 7.56. The van der Waals surface area contributed by atoms with Gasteiger partial charge in [0, 0.05) is 34.9 Å². The van der Waals surface area contributed by atoms with E-state index in [0.29, 0.717) is 16.4 Å². The maximum Gasteiger partial charge on any atom is 0.269 e. The van der Waals surface area contributed by atoms with Gasteiger partial charge in [-0.25, -0.2) is 13.4 Å². The second-order valence-corrected chi connectivity index (χ2v) is 8.47. The van der Waals surface area contributed by atoms with E-state index in [9.17, 15) is 23.3 Å². The Bertz CT molecular complexity index is 1120. The molecular formula is C17H13N3O5S2. The Kier molecular flexibility index (Phi) is 5.02. The fraction of sp³-hybridized carbons (Fsp3) is 0.0588. The first-order valence-corrected chi connectivity index (χ1v) is 10.3. The third kappa shape index (κ3) is 4.36. The first kappa shape index (κ1) is 18.7. The van der Waals surface area contributed by atoms with E-state index in [4.69, 9.17) is 0 Å². The molecule has 1 aromatic heterocycles. The SMILES string of the molecule is CS(=O)(=O)c1cccc(C(=O)Nc2nc(-c3ccc([N+](=O)[O-])cc3)cs2)c1. The molecule has 0 bridgehead atoms.